The van der Waals surface area contributed by atoms with E-state index >= 15 is 0 Å². The van der Waals surface area contributed by atoms with Crippen LogP contribution in [0.2, 0.25) is 0 Å². The van der Waals surface area contributed by atoms with Crippen molar-refractivity contribution < 1.29 is 18.3 Å². The van der Waals surface area contributed by atoms with Gasteiger partial charge in [0, 0.05) is 27.1 Å². The fourth-order valence-electron chi connectivity index (χ4n) is 3.29. The van der Waals surface area contributed by atoms with Gasteiger partial charge in [-0.15, -0.1) is 0 Å². The molecule has 30 heavy (non-hydrogen) atoms. The van der Waals surface area contributed by atoms with E-state index in [1.165, 1.54) is 18.2 Å². The number of fused-ring (bicyclic) bond motifs is 1. The number of anilines is 2. The number of imidazole rings is 1. The Kier molecular flexibility index (Phi) is 4.93. The van der Waals surface area contributed by atoms with E-state index in [9.17, 15) is 18.3 Å². The van der Waals surface area contributed by atoms with Crippen LogP contribution in [0.5, 0.6) is 5.75 Å². The van der Waals surface area contributed by atoms with Gasteiger partial charge in [0.2, 0.25) is 5.78 Å². The largest absolute Gasteiger partial charge is 0.507 e. The molecule has 0 unspecified atom stereocenters. The Morgan fingerprint density at radius 2 is 1.80 bits per heavy atom. The van der Waals surface area contributed by atoms with Crippen LogP contribution in [-0.2, 0) is 6.18 Å². The standard InChI is InChI=1S/C21H16BrF3N4O/c1-11-8-12(2)29-19(27-15-5-3-4-13(9-15)21(23,24)25)18(28-20(29)26-11)16-10-14(22)6-7-17(16)30/h3-10,27,30H,1-2H3. The minimum Gasteiger partial charge on any atom is -0.507 e. The predicted octanol–water partition coefficient (Wildman–Crippen LogP) is 6.24. The molecule has 0 bridgehead atoms. The number of phenolic OH excluding ortho intramolecular Hbond substituents is 1. The average Bonchev–Trinajstić information content (AvgIpc) is 3.01. The highest BCUT2D eigenvalue weighted by atomic mass is 79.9. The maximum absolute atomic E-state index is 13.2. The maximum Gasteiger partial charge on any atom is 0.416 e. The van der Waals surface area contributed by atoms with Crippen molar-refractivity contribution in [3.05, 3.63) is 70.0 Å². The summed E-state index contributed by atoms with van der Waals surface area (Å²) in [6.45, 7) is 3.68. The number of alkyl halides is 3. The summed E-state index contributed by atoms with van der Waals surface area (Å²) >= 11 is 3.38. The topological polar surface area (TPSA) is 62.5 Å². The van der Waals surface area contributed by atoms with Crippen LogP contribution in [-0.4, -0.2) is 19.5 Å². The number of hydrogen-bond donors (Lipinski definition) is 2. The quantitative estimate of drug-likeness (QED) is 0.367. The number of aromatic hydroxyl groups is 1. The molecule has 0 radical (unpaired) electrons. The summed E-state index contributed by atoms with van der Waals surface area (Å²) in [6.07, 6.45) is -4.46. The second-order valence-corrected chi connectivity index (χ2v) is 7.76. The molecular weight excluding hydrogens is 461 g/mol. The van der Waals surface area contributed by atoms with Crippen LogP contribution in [0, 0.1) is 13.8 Å². The number of halogens is 4. The molecule has 0 saturated heterocycles. The maximum atomic E-state index is 13.2. The van der Waals surface area contributed by atoms with E-state index < -0.39 is 11.7 Å². The average molecular weight is 477 g/mol. The molecule has 0 aliphatic rings. The van der Waals surface area contributed by atoms with Crippen molar-refractivity contribution in [3.8, 4) is 17.0 Å². The lowest BCUT2D eigenvalue weighted by Gasteiger charge is -2.13. The van der Waals surface area contributed by atoms with Gasteiger partial charge in [0.25, 0.3) is 0 Å². The van der Waals surface area contributed by atoms with E-state index in [0.717, 1.165) is 28.0 Å². The van der Waals surface area contributed by atoms with E-state index in [1.54, 1.807) is 16.5 Å². The number of rotatable bonds is 3. The lowest BCUT2D eigenvalue weighted by molar-refractivity contribution is -0.137. The number of nitrogens with zero attached hydrogens (tertiary/aromatic N) is 3. The summed E-state index contributed by atoms with van der Waals surface area (Å²) in [5, 5.41) is 13.5. The van der Waals surface area contributed by atoms with E-state index in [-0.39, 0.29) is 11.4 Å². The zero-order valence-electron chi connectivity index (χ0n) is 15.9. The normalized spacial score (nSPS) is 11.8. The fourth-order valence-corrected chi connectivity index (χ4v) is 3.65. The minimum absolute atomic E-state index is 0.0110. The van der Waals surface area contributed by atoms with Crippen LogP contribution >= 0.6 is 15.9 Å². The Hall–Kier alpha value is -3.07. The van der Waals surface area contributed by atoms with Gasteiger partial charge in [-0.1, -0.05) is 22.0 Å². The van der Waals surface area contributed by atoms with Crippen molar-refractivity contribution in [3.63, 3.8) is 0 Å². The Morgan fingerprint density at radius 1 is 1.03 bits per heavy atom. The second-order valence-electron chi connectivity index (χ2n) is 6.85. The molecule has 0 spiro atoms. The van der Waals surface area contributed by atoms with Crippen molar-refractivity contribution >= 4 is 33.2 Å². The molecule has 2 heterocycles. The summed E-state index contributed by atoms with van der Waals surface area (Å²) in [5.74, 6) is 0.766. The molecule has 2 N–H and O–H groups in total. The first kappa shape index (κ1) is 20.2. The summed E-state index contributed by atoms with van der Waals surface area (Å²) < 4.78 is 41.9. The number of phenols is 1. The van der Waals surface area contributed by atoms with Gasteiger partial charge >= 0.3 is 6.18 Å². The van der Waals surface area contributed by atoms with Gasteiger partial charge in [0.15, 0.2) is 0 Å². The Bertz CT molecular complexity index is 1270. The fraction of sp³-hybridized carbons (Fsp3) is 0.143. The zero-order chi connectivity index (χ0) is 21.6. The molecule has 2 aromatic heterocycles. The van der Waals surface area contributed by atoms with Crippen molar-refractivity contribution in [1.82, 2.24) is 14.4 Å². The SMILES string of the molecule is Cc1cc(C)n2c(Nc3cccc(C(F)(F)F)c3)c(-c3cc(Br)ccc3O)nc2n1. The van der Waals surface area contributed by atoms with Gasteiger partial charge in [-0.25, -0.2) is 9.97 Å². The van der Waals surface area contributed by atoms with E-state index in [2.05, 4.69) is 31.2 Å². The molecule has 0 fully saturated rings. The van der Waals surface area contributed by atoms with Crippen LogP contribution in [0.25, 0.3) is 17.0 Å². The first-order valence-corrected chi connectivity index (χ1v) is 9.72. The van der Waals surface area contributed by atoms with Crippen molar-refractivity contribution in [1.29, 1.82) is 0 Å². The summed E-state index contributed by atoms with van der Waals surface area (Å²) in [6, 6.07) is 11.6. The number of nitrogens with one attached hydrogen (secondary N) is 1. The van der Waals surface area contributed by atoms with E-state index in [4.69, 9.17) is 0 Å². The summed E-state index contributed by atoms with van der Waals surface area (Å²) in [7, 11) is 0. The molecule has 0 atom stereocenters. The van der Waals surface area contributed by atoms with Gasteiger partial charge in [-0.3, -0.25) is 4.40 Å². The molecular formula is C21H16BrF3N4O. The lowest BCUT2D eigenvalue weighted by atomic mass is 10.1. The molecule has 154 valence electrons. The van der Waals surface area contributed by atoms with Gasteiger partial charge < -0.3 is 10.4 Å². The number of hydrogen-bond acceptors (Lipinski definition) is 4. The molecule has 4 aromatic rings. The van der Waals surface area contributed by atoms with Crippen LogP contribution < -0.4 is 5.32 Å². The number of aryl methyl sites for hydroxylation is 2. The first-order chi connectivity index (χ1) is 14.1. The Balaban J connectivity index is 1.95. The van der Waals surface area contributed by atoms with Gasteiger partial charge in [0.05, 0.1) is 5.56 Å². The first-order valence-electron chi connectivity index (χ1n) is 8.93. The van der Waals surface area contributed by atoms with Gasteiger partial charge in [-0.05, 0) is 56.3 Å². The highest BCUT2D eigenvalue weighted by Gasteiger charge is 2.30. The third-order valence-electron chi connectivity index (χ3n) is 4.57. The highest BCUT2D eigenvalue weighted by molar-refractivity contribution is 9.10. The second kappa shape index (κ2) is 7.32. The van der Waals surface area contributed by atoms with Gasteiger partial charge in [-0.2, -0.15) is 13.2 Å². The van der Waals surface area contributed by atoms with E-state index in [0.29, 0.717) is 22.9 Å². The molecule has 9 heteroatoms. The zero-order valence-corrected chi connectivity index (χ0v) is 17.5. The van der Waals surface area contributed by atoms with Crippen LogP contribution in [0.3, 0.4) is 0 Å². The third-order valence-corrected chi connectivity index (χ3v) is 5.07. The van der Waals surface area contributed by atoms with Crippen LogP contribution in [0.15, 0.2) is 53.0 Å². The van der Waals surface area contributed by atoms with Crippen molar-refractivity contribution in [2.24, 2.45) is 0 Å². The molecule has 0 saturated carbocycles. The number of benzene rings is 2. The lowest BCUT2D eigenvalue weighted by Crippen LogP contribution is -2.06. The molecule has 0 amide bonds. The van der Waals surface area contributed by atoms with Crippen molar-refractivity contribution in [2.45, 2.75) is 20.0 Å². The van der Waals surface area contributed by atoms with Crippen molar-refractivity contribution in [2.75, 3.05) is 5.32 Å². The molecule has 0 aliphatic heterocycles. The predicted molar refractivity (Wildman–Crippen MR) is 112 cm³/mol. The minimum atomic E-state index is -4.46. The monoisotopic (exact) mass is 476 g/mol. The molecule has 5 nitrogen and oxygen atoms in total. The van der Waals surface area contributed by atoms with Crippen LogP contribution in [0.1, 0.15) is 17.0 Å². The van der Waals surface area contributed by atoms with Crippen LogP contribution in [0.4, 0.5) is 24.7 Å². The molecule has 2 aromatic carbocycles. The Labute approximate surface area is 178 Å². The summed E-state index contributed by atoms with van der Waals surface area (Å²) in [4.78, 5) is 8.99. The highest BCUT2D eigenvalue weighted by Crippen LogP contribution is 2.38. The molecule has 4 rings (SSSR count). The van der Waals surface area contributed by atoms with E-state index in [1.807, 2.05) is 19.9 Å². The number of aromatic nitrogens is 3. The summed E-state index contributed by atoms with van der Waals surface area (Å²) in [5.41, 5.74) is 1.80. The van der Waals surface area contributed by atoms with Gasteiger partial charge in [0.1, 0.15) is 17.3 Å². The Morgan fingerprint density at radius 3 is 2.53 bits per heavy atom. The molecule has 0 aliphatic carbocycles. The smallest absolute Gasteiger partial charge is 0.416 e. The third kappa shape index (κ3) is 3.72.